The fourth-order valence-corrected chi connectivity index (χ4v) is 7.07. The molecule has 2 bridgehead atoms. The molecule has 0 radical (unpaired) electrons. The quantitative estimate of drug-likeness (QED) is 0.242. The molecule has 0 aliphatic carbocycles. The van der Waals surface area contributed by atoms with Gasteiger partial charge in [0.1, 0.15) is 7.59 Å². The van der Waals surface area contributed by atoms with Crippen molar-refractivity contribution >= 4 is 68.4 Å². The number of carbonyl (C=O) groups excluding carboxylic acids is 2. The van der Waals surface area contributed by atoms with E-state index in [-0.39, 0.29) is 11.8 Å². The topological polar surface area (TPSA) is 40.6 Å². The molecule has 0 atom stereocenters. The molecule has 3 aromatic carbocycles. The van der Waals surface area contributed by atoms with Crippen LogP contribution >= 0.6 is 45.2 Å². The van der Waals surface area contributed by atoms with Gasteiger partial charge in [0.25, 0.3) is 11.8 Å². The summed E-state index contributed by atoms with van der Waals surface area (Å²) in [4.78, 5) is 31.5. The number of benzene rings is 3. The number of anilines is 2. The minimum Gasteiger partial charge on any atom is -0.287 e. The third-order valence-electron chi connectivity index (χ3n) is 5.67. The van der Waals surface area contributed by atoms with Crippen molar-refractivity contribution in [1.29, 1.82) is 0 Å². The van der Waals surface area contributed by atoms with Crippen LogP contribution in [0.4, 0.5) is 11.4 Å². The molecule has 2 saturated heterocycles. The van der Waals surface area contributed by atoms with Gasteiger partial charge in [-0.3, -0.25) is 19.4 Å². The molecule has 3 aromatic rings. The van der Waals surface area contributed by atoms with E-state index in [0.717, 1.165) is 16.9 Å². The maximum atomic E-state index is 14.0. The van der Waals surface area contributed by atoms with Gasteiger partial charge in [-0.15, -0.1) is 0 Å². The highest BCUT2D eigenvalue weighted by atomic mass is 127. The zero-order valence-electron chi connectivity index (χ0n) is 15.2. The van der Waals surface area contributed by atoms with E-state index in [9.17, 15) is 9.59 Å². The summed E-state index contributed by atoms with van der Waals surface area (Å²) < 4.78 is -0.691. The minimum atomic E-state index is -1.29. The van der Waals surface area contributed by atoms with E-state index in [4.69, 9.17) is 0 Å². The molecule has 0 unspecified atom stereocenters. The van der Waals surface area contributed by atoms with Gasteiger partial charge in [-0.05, 0) is 29.8 Å². The molecule has 2 heterocycles. The van der Waals surface area contributed by atoms with Gasteiger partial charge in [0.15, 0.2) is 5.41 Å². The number of carbonyl (C=O) groups is 2. The smallest absolute Gasteiger partial charge is 0.251 e. The van der Waals surface area contributed by atoms with Crippen molar-refractivity contribution in [3.8, 4) is 0 Å². The lowest BCUT2D eigenvalue weighted by Gasteiger charge is -2.38. The number of hydrogen-bond donors (Lipinski definition) is 0. The normalized spacial score (nSPS) is 25.0. The Morgan fingerprint density at radius 2 is 1.00 bits per heavy atom. The van der Waals surface area contributed by atoms with Gasteiger partial charge in [0.05, 0.1) is 0 Å². The Hall–Kier alpha value is -1.94. The Kier molecular flexibility index (Phi) is 4.47. The lowest BCUT2D eigenvalue weighted by atomic mass is 9.79. The number of para-hydroxylation sites is 2. The Balaban J connectivity index is 1.80. The number of hydrogen-bond acceptors (Lipinski definition) is 2. The molecular weight excluding hydrogens is 590 g/mol. The summed E-state index contributed by atoms with van der Waals surface area (Å²) in [5, 5.41) is 0. The van der Waals surface area contributed by atoms with Crippen molar-refractivity contribution in [2.24, 2.45) is 0 Å². The largest absolute Gasteiger partial charge is 0.287 e. The Morgan fingerprint density at radius 3 is 1.41 bits per heavy atom. The zero-order valence-corrected chi connectivity index (χ0v) is 19.5. The fraction of sp³-hybridized carbons (Fsp3) is 0.130. The van der Waals surface area contributed by atoms with Gasteiger partial charge in [-0.25, -0.2) is 0 Å². The molecule has 29 heavy (non-hydrogen) atoms. The van der Waals surface area contributed by atoms with Crippen LogP contribution in [0, 0.1) is 0 Å². The Labute approximate surface area is 196 Å². The summed E-state index contributed by atoms with van der Waals surface area (Å²) in [6.45, 7) is 0. The molecule has 4 nitrogen and oxygen atoms in total. The van der Waals surface area contributed by atoms with Crippen LogP contribution in [0.2, 0.25) is 0 Å². The summed E-state index contributed by atoms with van der Waals surface area (Å²) >= 11 is 4.63. The lowest BCUT2D eigenvalue weighted by Crippen LogP contribution is -2.58. The standard InChI is InChI=1S/C23H16I2N2O2/c24-23(25)19-26(17-12-6-2-7-13-17)20(28)22(23,16-10-4-1-5-11-16)21(29)27(19)18-14-8-3-9-15-18/h1-15,19H. The third kappa shape index (κ3) is 2.41. The number of fused-ring (bicyclic) bond motifs is 2. The summed E-state index contributed by atoms with van der Waals surface area (Å²) in [6, 6.07) is 28.7. The summed E-state index contributed by atoms with van der Waals surface area (Å²) in [6.07, 6.45) is -0.436. The van der Waals surface area contributed by atoms with Gasteiger partial charge in [0.2, 0.25) is 0 Å². The molecule has 2 aliphatic heterocycles. The van der Waals surface area contributed by atoms with Crippen molar-refractivity contribution in [1.82, 2.24) is 0 Å². The van der Waals surface area contributed by atoms with Crippen LogP contribution in [0.1, 0.15) is 5.56 Å². The van der Waals surface area contributed by atoms with E-state index in [1.54, 1.807) is 9.80 Å². The van der Waals surface area contributed by atoms with Crippen LogP contribution in [0.15, 0.2) is 91.0 Å². The van der Waals surface area contributed by atoms with Crippen molar-refractivity contribution < 1.29 is 9.59 Å². The Morgan fingerprint density at radius 1 is 0.621 bits per heavy atom. The van der Waals surface area contributed by atoms with Gasteiger partial charge < -0.3 is 0 Å². The van der Waals surface area contributed by atoms with Crippen LogP contribution < -0.4 is 9.80 Å². The molecule has 0 N–H and O–H groups in total. The van der Waals surface area contributed by atoms with E-state index < -0.39 is 13.0 Å². The highest BCUT2D eigenvalue weighted by molar-refractivity contribution is 14.2. The minimum absolute atomic E-state index is 0.166. The first-order chi connectivity index (χ1) is 14.0. The van der Waals surface area contributed by atoms with Gasteiger partial charge >= 0.3 is 0 Å². The second-order valence-electron chi connectivity index (χ2n) is 7.13. The zero-order chi connectivity index (χ0) is 20.2. The molecule has 2 amide bonds. The molecule has 0 saturated carbocycles. The summed E-state index contributed by atoms with van der Waals surface area (Å²) in [7, 11) is 0. The Bertz CT molecular complexity index is 1030. The van der Waals surface area contributed by atoms with Crippen molar-refractivity contribution in [3.05, 3.63) is 96.6 Å². The summed E-state index contributed by atoms with van der Waals surface area (Å²) in [5.41, 5.74) is 1.05. The number of halogens is 2. The molecule has 144 valence electrons. The van der Waals surface area contributed by atoms with Gasteiger partial charge in [-0.2, -0.15) is 0 Å². The van der Waals surface area contributed by atoms with Crippen molar-refractivity contribution in [2.45, 2.75) is 13.0 Å². The number of nitrogens with zero attached hydrogens (tertiary/aromatic N) is 2. The van der Waals surface area contributed by atoms with Crippen molar-refractivity contribution in [3.63, 3.8) is 0 Å². The van der Waals surface area contributed by atoms with Crippen LogP contribution in [0.25, 0.3) is 0 Å². The molecule has 0 aromatic heterocycles. The maximum absolute atomic E-state index is 14.0. The molecule has 5 rings (SSSR count). The maximum Gasteiger partial charge on any atom is 0.251 e. The van der Waals surface area contributed by atoms with E-state index in [2.05, 4.69) is 45.2 Å². The lowest BCUT2D eigenvalue weighted by molar-refractivity contribution is -0.133. The molecular formula is C23H16I2N2O2. The van der Waals surface area contributed by atoms with Crippen LogP contribution in [0.3, 0.4) is 0 Å². The van der Waals surface area contributed by atoms with E-state index in [1.807, 2.05) is 91.0 Å². The number of amides is 2. The molecule has 6 heteroatoms. The summed E-state index contributed by atoms with van der Waals surface area (Å²) in [5.74, 6) is -0.332. The first-order valence-electron chi connectivity index (χ1n) is 9.22. The van der Waals surface area contributed by atoms with Crippen LogP contribution in [-0.4, -0.2) is 19.4 Å². The molecule has 2 aliphatic rings. The second kappa shape index (κ2) is 6.80. The molecule has 2 fully saturated rings. The van der Waals surface area contributed by atoms with Gasteiger partial charge in [-0.1, -0.05) is 112 Å². The number of rotatable bonds is 3. The fourth-order valence-electron chi connectivity index (χ4n) is 4.42. The first kappa shape index (κ1) is 19.0. The predicted octanol–water partition coefficient (Wildman–Crippen LogP) is 4.91. The van der Waals surface area contributed by atoms with E-state index >= 15 is 0 Å². The average molecular weight is 606 g/mol. The van der Waals surface area contributed by atoms with Gasteiger partial charge in [0, 0.05) is 11.4 Å². The van der Waals surface area contributed by atoms with Crippen LogP contribution in [0.5, 0.6) is 0 Å². The average Bonchev–Trinajstić information content (AvgIpc) is 3.05. The van der Waals surface area contributed by atoms with E-state index in [0.29, 0.717) is 0 Å². The molecule has 0 spiro atoms. The van der Waals surface area contributed by atoms with Crippen molar-refractivity contribution in [2.75, 3.05) is 9.80 Å². The predicted molar refractivity (Wildman–Crippen MR) is 131 cm³/mol. The van der Waals surface area contributed by atoms with Crippen LogP contribution in [-0.2, 0) is 15.0 Å². The highest BCUT2D eigenvalue weighted by Gasteiger charge is 2.80. The second-order valence-corrected chi connectivity index (χ2v) is 12.6. The third-order valence-corrected chi connectivity index (χ3v) is 8.40. The first-order valence-corrected chi connectivity index (χ1v) is 11.4. The monoisotopic (exact) mass is 606 g/mol. The highest BCUT2D eigenvalue weighted by Crippen LogP contribution is 2.64. The SMILES string of the molecule is O=C1N(c2ccccc2)C2N(c3ccccc3)C(=O)C1(c1ccccc1)C2(I)I. The van der Waals surface area contributed by atoms with E-state index in [1.165, 1.54) is 0 Å². The number of alkyl halides is 2.